The van der Waals surface area contributed by atoms with Crippen LogP contribution in [0.3, 0.4) is 0 Å². The van der Waals surface area contributed by atoms with Crippen LogP contribution in [0.2, 0.25) is 0 Å². The highest BCUT2D eigenvalue weighted by Crippen LogP contribution is 2.39. The first-order chi connectivity index (χ1) is 9.93. The Hall–Kier alpha value is -1.59. The molecule has 3 N–H and O–H groups in total. The van der Waals surface area contributed by atoms with Gasteiger partial charge in [-0.15, -0.1) is 0 Å². The summed E-state index contributed by atoms with van der Waals surface area (Å²) in [5.41, 5.74) is -2.20. The van der Waals surface area contributed by atoms with Crippen molar-refractivity contribution in [2.75, 3.05) is 0 Å². The Morgan fingerprint density at radius 1 is 0.714 bits per heavy atom. The Kier molecular flexibility index (Phi) is 6.65. The van der Waals surface area contributed by atoms with Gasteiger partial charge in [0.1, 0.15) is 0 Å². The van der Waals surface area contributed by atoms with E-state index in [0.717, 1.165) is 38.5 Å². The Labute approximate surface area is 124 Å². The van der Waals surface area contributed by atoms with Crippen molar-refractivity contribution >= 4 is 17.9 Å². The third-order valence-corrected chi connectivity index (χ3v) is 4.47. The van der Waals surface area contributed by atoms with E-state index in [2.05, 4.69) is 0 Å². The standard InChI is InChI=1S/C15H24O6/c16-12(17)11-9-7-5-3-1-2-4-6-8-10-15(11,13(18)19)14(20)21/h11H,1-10H2,(H,16,17)(H,18,19)(H,20,21). The zero-order valence-corrected chi connectivity index (χ0v) is 12.2. The van der Waals surface area contributed by atoms with Gasteiger partial charge in [0.15, 0.2) is 5.41 Å². The lowest BCUT2D eigenvalue weighted by atomic mass is 9.69. The minimum absolute atomic E-state index is 0.105. The van der Waals surface area contributed by atoms with Crippen LogP contribution in [-0.4, -0.2) is 33.2 Å². The highest BCUT2D eigenvalue weighted by atomic mass is 16.4. The number of rotatable bonds is 3. The molecule has 0 aromatic rings. The van der Waals surface area contributed by atoms with Crippen molar-refractivity contribution in [2.45, 2.75) is 64.2 Å². The minimum atomic E-state index is -2.20. The van der Waals surface area contributed by atoms with Crippen LogP contribution in [0.25, 0.3) is 0 Å². The molecule has 120 valence electrons. The number of aliphatic carboxylic acids is 3. The number of hydrogen-bond acceptors (Lipinski definition) is 3. The van der Waals surface area contributed by atoms with E-state index in [9.17, 15) is 29.7 Å². The van der Waals surface area contributed by atoms with Crippen molar-refractivity contribution < 1.29 is 29.7 Å². The fourth-order valence-corrected chi connectivity index (χ4v) is 3.17. The van der Waals surface area contributed by atoms with Gasteiger partial charge in [0.25, 0.3) is 0 Å². The van der Waals surface area contributed by atoms with Crippen molar-refractivity contribution in [2.24, 2.45) is 11.3 Å². The summed E-state index contributed by atoms with van der Waals surface area (Å²) in [6.07, 6.45) is 6.63. The van der Waals surface area contributed by atoms with E-state index in [1.54, 1.807) is 0 Å². The van der Waals surface area contributed by atoms with Crippen LogP contribution in [-0.2, 0) is 14.4 Å². The molecule has 1 saturated carbocycles. The van der Waals surface area contributed by atoms with Crippen molar-refractivity contribution in [1.29, 1.82) is 0 Å². The van der Waals surface area contributed by atoms with E-state index in [4.69, 9.17) is 0 Å². The van der Waals surface area contributed by atoms with Crippen LogP contribution >= 0.6 is 0 Å². The molecule has 0 aromatic heterocycles. The predicted molar refractivity (Wildman–Crippen MR) is 75.0 cm³/mol. The van der Waals surface area contributed by atoms with E-state index >= 15 is 0 Å². The van der Waals surface area contributed by atoms with Crippen molar-refractivity contribution in [1.82, 2.24) is 0 Å². The smallest absolute Gasteiger partial charge is 0.321 e. The maximum Gasteiger partial charge on any atom is 0.321 e. The second-order valence-electron chi connectivity index (χ2n) is 5.84. The zero-order chi connectivity index (χ0) is 15.9. The topological polar surface area (TPSA) is 112 Å². The van der Waals surface area contributed by atoms with E-state index in [-0.39, 0.29) is 12.8 Å². The molecule has 0 spiro atoms. The second-order valence-corrected chi connectivity index (χ2v) is 5.84. The largest absolute Gasteiger partial charge is 0.481 e. The van der Waals surface area contributed by atoms with Crippen LogP contribution in [0.15, 0.2) is 0 Å². The molecule has 6 nitrogen and oxygen atoms in total. The van der Waals surface area contributed by atoms with Crippen molar-refractivity contribution in [3.05, 3.63) is 0 Å². The summed E-state index contributed by atoms with van der Waals surface area (Å²) >= 11 is 0. The van der Waals surface area contributed by atoms with Gasteiger partial charge >= 0.3 is 17.9 Å². The van der Waals surface area contributed by atoms with E-state index in [1.807, 2.05) is 0 Å². The first kappa shape index (κ1) is 17.5. The Morgan fingerprint density at radius 3 is 1.57 bits per heavy atom. The Balaban J connectivity index is 3.08. The summed E-state index contributed by atoms with van der Waals surface area (Å²) in [5.74, 6) is -5.75. The van der Waals surface area contributed by atoms with Gasteiger partial charge in [-0.3, -0.25) is 14.4 Å². The summed E-state index contributed by atoms with van der Waals surface area (Å²) in [5, 5.41) is 28.2. The number of carboxylic acid groups (broad SMARTS) is 3. The molecule has 1 rings (SSSR count). The summed E-state index contributed by atoms with van der Waals surface area (Å²) in [4.78, 5) is 34.7. The van der Waals surface area contributed by atoms with E-state index in [1.165, 1.54) is 0 Å². The summed E-state index contributed by atoms with van der Waals surface area (Å²) in [7, 11) is 0. The lowest BCUT2D eigenvalue weighted by Gasteiger charge is -2.31. The van der Waals surface area contributed by atoms with Gasteiger partial charge in [-0.1, -0.05) is 51.4 Å². The third kappa shape index (κ3) is 4.19. The van der Waals surface area contributed by atoms with Gasteiger partial charge in [-0.2, -0.15) is 0 Å². The summed E-state index contributed by atoms with van der Waals surface area (Å²) in [6.45, 7) is 0. The van der Waals surface area contributed by atoms with Gasteiger partial charge < -0.3 is 15.3 Å². The molecule has 6 heteroatoms. The molecule has 1 aliphatic rings. The molecule has 1 aliphatic carbocycles. The molecule has 0 saturated heterocycles. The van der Waals surface area contributed by atoms with Crippen LogP contribution in [0, 0.1) is 11.3 Å². The van der Waals surface area contributed by atoms with E-state index in [0.29, 0.717) is 12.8 Å². The van der Waals surface area contributed by atoms with Crippen LogP contribution < -0.4 is 0 Å². The molecule has 0 aromatic carbocycles. The van der Waals surface area contributed by atoms with Gasteiger partial charge in [-0.05, 0) is 12.8 Å². The zero-order valence-electron chi connectivity index (χ0n) is 12.2. The lowest BCUT2D eigenvalue weighted by molar-refractivity contribution is -0.177. The van der Waals surface area contributed by atoms with Crippen LogP contribution in [0.4, 0.5) is 0 Å². The fourth-order valence-electron chi connectivity index (χ4n) is 3.17. The van der Waals surface area contributed by atoms with Gasteiger partial charge in [0.2, 0.25) is 0 Å². The van der Waals surface area contributed by atoms with Crippen molar-refractivity contribution in [3.63, 3.8) is 0 Å². The molecular formula is C15H24O6. The van der Waals surface area contributed by atoms with Gasteiger partial charge in [-0.25, -0.2) is 0 Å². The number of carboxylic acids is 3. The fraction of sp³-hybridized carbons (Fsp3) is 0.800. The quantitative estimate of drug-likeness (QED) is 0.691. The lowest BCUT2D eigenvalue weighted by Crippen LogP contribution is -2.49. The number of hydrogen-bond donors (Lipinski definition) is 3. The number of carbonyl (C=O) groups is 3. The molecule has 1 fully saturated rings. The van der Waals surface area contributed by atoms with E-state index < -0.39 is 29.2 Å². The highest BCUT2D eigenvalue weighted by Gasteiger charge is 2.55. The predicted octanol–water partition coefficient (Wildman–Crippen LogP) is 2.76. The molecule has 0 bridgehead atoms. The molecule has 1 unspecified atom stereocenters. The third-order valence-electron chi connectivity index (χ3n) is 4.47. The van der Waals surface area contributed by atoms with Gasteiger partial charge in [0.05, 0.1) is 5.92 Å². The van der Waals surface area contributed by atoms with Crippen LogP contribution in [0.1, 0.15) is 64.2 Å². The highest BCUT2D eigenvalue weighted by molar-refractivity contribution is 6.02. The maximum atomic E-state index is 11.6. The first-order valence-electron chi connectivity index (χ1n) is 7.62. The first-order valence-corrected chi connectivity index (χ1v) is 7.62. The average Bonchev–Trinajstić information content (AvgIpc) is 2.38. The molecule has 21 heavy (non-hydrogen) atoms. The molecule has 0 heterocycles. The Bertz CT molecular complexity index is 376. The molecule has 0 radical (unpaired) electrons. The molecule has 1 atom stereocenters. The summed E-state index contributed by atoms with van der Waals surface area (Å²) in [6, 6.07) is 0. The Morgan fingerprint density at radius 2 is 1.14 bits per heavy atom. The molecule has 0 amide bonds. The molecule has 0 aliphatic heterocycles. The maximum absolute atomic E-state index is 11.6. The molecular weight excluding hydrogens is 276 g/mol. The van der Waals surface area contributed by atoms with Gasteiger partial charge in [0, 0.05) is 0 Å². The van der Waals surface area contributed by atoms with Crippen LogP contribution in [0.5, 0.6) is 0 Å². The monoisotopic (exact) mass is 300 g/mol. The summed E-state index contributed by atoms with van der Waals surface area (Å²) < 4.78 is 0. The second kappa shape index (κ2) is 8.00. The SMILES string of the molecule is O=C(O)C1CCCCCCCCCCC1(C(=O)O)C(=O)O. The average molecular weight is 300 g/mol. The van der Waals surface area contributed by atoms with Crippen molar-refractivity contribution in [3.8, 4) is 0 Å². The normalized spacial score (nSPS) is 24.3. The minimum Gasteiger partial charge on any atom is -0.481 e.